The highest BCUT2D eigenvalue weighted by Gasteiger charge is 2.51. The molecular formula is C6H10O6S. The van der Waals surface area contributed by atoms with Crippen molar-refractivity contribution in [1.29, 1.82) is 0 Å². The zero-order chi connectivity index (χ0) is 10.3. The molecule has 76 valence electrons. The summed E-state index contributed by atoms with van der Waals surface area (Å²) < 4.78 is 34.9. The molecule has 1 atom stereocenters. The number of rotatable bonds is 1. The maximum Gasteiger partial charge on any atom is 0.401 e. The minimum atomic E-state index is -4.06. The first-order valence-electron chi connectivity index (χ1n) is 3.50. The fourth-order valence-corrected chi connectivity index (χ4v) is 2.19. The van der Waals surface area contributed by atoms with Crippen LogP contribution in [0.2, 0.25) is 0 Å². The Bertz CT molecular complexity index is 316. The first-order chi connectivity index (χ1) is 5.78. The predicted octanol–water partition coefficient (Wildman–Crippen LogP) is -0.402. The van der Waals surface area contributed by atoms with Gasteiger partial charge in [-0.25, -0.2) is 13.2 Å². The van der Waals surface area contributed by atoms with E-state index in [1.807, 2.05) is 0 Å². The summed E-state index contributed by atoms with van der Waals surface area (Å²) in [6.07, 6.45) is -1.23. The molecule has 0 N–H and O–H groups in total. The molecule has 0 radical (unpaired) electrons. The van der Waals surface area contributed by atoms with Crippen LogP contribution in [0.15, 0.2) is 0 Å². The molecule has 1 rings (SSSR count). The third-order valence-corrected chi connectivity index (χ3v) is 2.64. The van der Waals surface area contributed by atoms with Crippen LogP contribution in [-0.4, -0.2) is 33.2 Å². The van der Waals surface area contributed by atoms with Crippen LogP contribution in [-0.2, 0) is 28.3 Å². The number of esters is 1. The van der Waals surface area contributed by atoms with Crippen LogP contribution in [0.5, 0.6) is 0 Å². The summed E-state index contributed by atoms with van der Waals surface area (Å²) in [4.78, 5) is 11.0. The van der Waals surface area contributed by atoms with Gasteiger partial charge in [0.1, 0.15) is 5.60 Å². The van der Waals surface area contributed by atoms with Crippen molar-refractivity contribution >= 4 is 16.4 Å². The molecule has 6 nitrogen and oxygen atoms in total. The Kier molecular flexibility index (Phi) is 2.35. The lowest BCUT2D eigenvalue weighted by Crippen LogP contribution is -2.39. The van der Waals surface area contributed by atoms with Crippen molar-refractivity contribution in [3.05, 3.63) is 0 Å². The lowest BCUT2D eigenvalue weighted by molar-refractivity contribution is -0.152. The lowest BCUT2D eigenvalue weighted by atomic mass is 10.0. The summed E-state index contributed by atoms with van der Waals surface area (Å²) >= 11 is 0. The zero-order valence-electron chi connectivity index (χ0n) is 7.44. The summed E-state index contributed by atoms with van der Waals surface area (Å²) in [6.45, 7) is 2.86. The van der Waals surface area contributed by atoms with Gasteiger partial charge in [0.25, 0.3) is 0 Å². The number of carbonyl (C=O) groups is 1. The van der Waals surface area contributed by atoms with E-state index in [4.69, 9.17) is 0 Å². The smallest absolute Gasteiger partial charge is 0.401 e. The van der Waals surface area contributed by atoms with Crippen LogP contribution in [0, 0.1) is 0 Å². The van der Waals surface area contributed by atoms with Gasteiger partial charge in [-0.3, -0.25) is 0 Å². The normalized spacial score (nSPS) is 29.9. The minimum Gasteiger partial charge on any atom is -0.467 e. The van der Waals surface area contributed by atoms with Crippen molar-refractivity contribution < 1.29 is 26.3 Å². The van der Waals surface area contributed by atoms with E-state index in [2.05, 4.69) is 13.1 Å². The molecule has 0 saturated carbocycles. The maximum absolute atomic E-state index is 11.0. The van der Waals surface area contributed by atoms with E-state index in [0.29, 0.717) is 0 Å². The summed E-state index contributed by atoms with van der Waals surface area (Å²) in [5.41, 5.74) is -1.22. The number of methoxy groups -OCH3 is 1. The van der Waals surface area contributed by atoms with E-state index in [1.165, 1.54) is 13.8 Å². The zero-order valence-corrected chi connectivity index (χ0v) is 8.25. The maximum atomic E-state index is 11.0. The van der Waals surface area contributed by atoms with Gasteiger partial charge in [0.2, 0.25) is 6.10 Å². The van der Waals surface area contributed by atoms with E-state index in [1.54, 1.807) is 0 Å². The van der Waals surface area contributed by atoms with Crippen molar-refractivity contribution in [1.82, 2.24) is 0 Å². The number of hydrogen-bond donors (Lipinski definition) is 0. The van der Waals surface area contributed by atoms with Gasteiger partial charge in [-0.2, -0.15) is 8.42 Å². The van der Waals surface area contributed by atoms with E-state index in [-0.39, 0.29) is 0 Å². The van der Waals surface area contributed by atoms with Crippen molar-refractivity contribution in [2.45, 2.75) is 25.6 Å². The van der Waals surface area contributed by atoms with E-state index in [9.17, 15) is 13.2 Å². The molecule has 1 aliphatic rings. The quantitative estimate of drug-likeness (QED) is 0.548. The van der Waals surface area contributed by atoms with Crippen LogP contribution >= 0.6 is 0 Å². The van der Waals surface area contributed by atoms with Gasteiger partial charge in [-0.05, 0) is 13.8 Å². The first kappa shape index (κ1) is 10.4. The standard InChI is InChI=1S/C6H10O6S/c1-6(2)4(5(7)10-3)11-13(8,9)12-6/h4H,1-3H3. The Morgan fingerprint density at radius 1 is 1.46 bits per heavy atom. The number of hydrogen-bond acceptors (Lipinski definition) is 6. The minimum absolute atomic E-state index is 0.772. The fourth-order valence-electron chi connectivity index (χ4n) is 0.990. The molecule has 0 bridgehead atoms. The van der Waals surface area contributed by atoms with Crippen LogP contribution in [0.1, 0.15) is 13.8 Å². The van der Waals surface area contributed by atoms with Crippen LogP contribution in [0.4, 0.5) is 0 Å². The molecule has 0 spiro atoms. The summed E-state index contributed by atoms with van der Waals surface area (Å²) in [5.74, 6) is -0.772. The Hall–Kier alpha value is -0.660. The molecule has 0 aromatic heterocycles. The van der Waals surface area contributed by atoms with Crippen molar-refractivity contribution in [3.63, 3.8) is 0 Å². The average molecular weight is 210 g/mol. The molecule has 0 amide bonds. The number of carbonyl (C=O) groups excluding carboxylic acids is 1. The molecule has 1 saturated heterocycles. The van der Waals surface area contributed by atoms with Gasteiger partial charge in [0.15, 0.2) is 0 Å². The Morgan fingerprint density at radius 2 is 2.00 bits per heavy atom. The average Bonchev–Trinajstić information content (AvgIpc) is 2.17. The van der Waals surface area contributed by atoms with Crippen LogP contribution < -0.4 is 0 Å². The molecule has 0 aromatic carbocycles. The highest BCUT2D eigenvalue weighted by atomic mass is 32.3. The van der Waals surface area contributed by atoms with Crippen LogP contribution in [0.25, 0.3) is 0 Å². The Morgan fingerprint density at radius 3 is 2.31 bits per heavy atom. The van der Waals surface area contributed by atoms with Crippen molar-refractivity contribution in [2.24, 2.45) is 0 Å². The van der Waals surface area contributed by atoms with Gasteiger partial charge in [-0.15, -0.1) is 0 Å². The fraction of sp³-hybridized carbons (Fsp3) is 0.833. The highest BCUT2D eigenvalue weighted by Crippen LogP contribution is 2.30. The van der Waals surface area contributed by atoms with Gasteiger partial charge >= 0.3 is 16.4 Å². The molecule has 0 aliphatic carbocycles. The van der Waals surface area contributed by atoms with Gasteiger partial charge in [-0.1, -0.05) is 0 Å². The second-order valence-corrected chi connectivity index (χ2v) is 4.27. The Balaban J connectivity index is 2.95. The lowest BCUT2D eigenvalue weighted by Gasteiger charge is -2.17. The second-order valence-electron chi connectivity index (χ2n) is 3.09. The monoisotopic (exact) mass is 210 g/mol. The number of ether oxygens (including phenoxy) is 1. The summed E-state index contributed by atoms with van der Waals surface area (Å²) in [5, 5.41) is 0. The third kappa shape index (κ3) is 1.98. The topological polar surface area (TPSA) is 78.9 Å². The van der Waals surface area contributed by atoms with Gasteiger partial charge < -0.3 is 4.74 Å². The van der Waals surface area contributed by atoms with Gasteiger partial charge in [0.05, 0.1) is 7.11 Å². The molecule has 0 aromatic rings. The SMILES string of the molecule is COC(=O)C1OS(=O)(=O)OC1(C)C. The Labute approximate surface area is 76.1 Å². The summed E-state index contributed by atoms with van der Waals surface area (Å²) in [7, 11) is -2.91. The van der Waals surface area contributed by atoms with E-state index >= 15 is 0 Å². The largest absolute Gasteiger partial charge is 0.467 e. The van der Waals surface area contributed by atoms with E-state index < -0.39 is 28.1 Å². The predicted molar refractivity (Wildman–Crippen MR) is 41.0 cm³/mol. The first-order valence-corrected chi connectivity index (χ1v) is 4.83. The van der Waals surface area contributed by atoms with E-state index in [0.717, 1.165) is 7.11 Å². The summed E-state index contributed by atoms with van der Waals surface area (Å²) in [6, 6.07) is 0. The van der Waals surface area contributed by atoms with Crippen LogP contribution in [0.3, 0.4) is 0 Å². The highest BCUT2D eigenvalue weighted by molar-refractivity contribution is 7.82. The second kappa shape index (κ2) is 2.93. The van der Waals surface area contributed by atoms with Crippen molar-refractivity contribution in [2.75, 3.05) is 7.11 Å². The molecule has 1 fully saturated rings. The molecule has 7 heteroatoms. The molecule has 1 heterocycles. The van der Waals surface area contributed by atoms with Crippen molar-refractivity contribution in [3.8, 4) is 0 Å². The molecule has 1 aliphatic heterocycles. The molecule has 13 heavy (non-hydrogen) atoms. The third-order valence-electron chi connectivity index (χ3n) is 1.58. The molecule has 1 unspecified atom stereocenters. The molecular weight excluding hydrogens is 200 g/mol. The van der Waals surface area contributed by atoms with Gasteiger partial charge in [0, 0.05) is 0 Å².